The molecule has 0 amide bonds. The molecule has 1 aliphatic heterocycles. The van der Waals surface area contributed by atoms with Crippen LogP contribution in [0.5, 0.6) is 0 Å². The Hall–Kier alpha value is -1.69. The monoisotopic (exact) mass is 303 g/mol. The summed E-state index contributed by atoms with van der Waals surface area (Å²) < 4.78 is 0. The van der Waals surface area contributed by atoms with Gasteiger partial charge in [0.1, 0.15) is 10.7 Å². The van der Waals surface area contributed by atoms with Gasteiger partial charge in [0.25, 0.3) is 0 Å². The average Bonchev–Trinajstić information content (AvgIpc) is 3.06. The first-order valence-electron chi connectivity index (χ1n) is 7.31. The number of anilines is 1. The molecule has 3 heterocycles. The highest BCUT2D eigenvalue weighted by Gasteiger charge is 2.26. The second kappa shape index (κ2) is 5.26. The fraction of sp³-hybridized carbons (Fsp3) is 0.533. The molecule has 1 fully saturated rings. The van der Waals surface area contributed by atoms with E-state index in [9.17, 15) is 0 Å². The van der Waals surface area contributed by atoms with Crippen LogP contribution in [0.4, 0.5) is 5.69 Å². The quantitative estimate of drug-likeness (QED) is 0.661. The van der Waals surface area contributed by atoms with E-state index in [0.717, 1.165) is 45.1 Å². The Morgan fingerprint density at radius 2 is 2.14 bits per heavy atom. The minimum atomic E-state index is 0.615. The zero-order chi connectivity index (χ0) is 15.1. The predicted molar refractivity (Wildman–Crippen MR) is 88.6 cm³/mol. The minimum Gasteiger partial charge on any atom is -0.386 e. The smallest absolute Gasteiger partial charge is 0.149 e. The lowest BCUT2D eigenvalue weighted by molar-refractivity contribution is 0.493. The van der Waals surface area contributed by atoms with Crippen LogP contribution in [-0.4, -0.2) is 41.1 Å². The maximum atomic E-state index is 8.57. The van der Waals surface area contributed by atoms with E-state index in [-0.39, 0.29) is 0 Å². The van der Waals surface area contributed by atoms with Gasteiger partial charge in [-0.1, -0.05) is 6.92 Å². The fourth-order valence-corrected chi connectivity index (χ4v) is 4.06. The lowest BCUT2D eigenvalue weighted by atomic mass is 10.1. The Labute approximate surface area is 128 Å². The van der Waals surface area contributed by atoms with E-state index in [4.69, 9.17) is 5.41 Å². The van der Waals surface area contributed by atoms with E-state index in [2.05, 4.69) is 34.3 Å². The number of aryl methyl sites for hydroxylation is 2. The van der Waals surface area contributed by atoms with Gasteiger partial charge in [-0.2, -0.15) is 5.10 Å². The van der Waals surface area contributed by atoms with E-state index in [0.29, 0.717) is 11.8 Å². The van der Waals surface area contributed by atoms with Crippen molar-refractivity contribution >= 4 is 33.1 Å². The van der Waals surface area contributed by atoms with Gasteiger partial charge in [-0.15, -0.1) is 16.4 Å². The number of hydrogen-bond donors (Lipinski definition) is 2. The van der Waals surface area contributed by atoms with Crippen molar-refractivity contribution in [1.82, 2.24) is 15.1 Å². The summed E-state index contributed by atoms with van der Waals surface area (Å²) in [5.74, 6) is 1.28. The number of likely N-dealkylation sites (tertiary alicyclic amines) is 1. The van der Waals surface area contributed by atoms with Crippen LogP contribution in [0.15, 0.2) is 0 Å². The number of nitrogens with zero attached hydrogens (tertiary/aromatic N) is 3. The normalized spacial score (nSPS) is 18.5. The first-order chi connectivity index (χ1) is 10.0. The summed E-state index contributed by atoms with van der Waals surface area (Å²) in [4.78, 5) is 4.06. The molecule has 0 bridgehead atoms. The van der Waals surface area contributed by atoms with Crippen LogP contribution in [0.3, 0.4) is 0 Å². The average molecular weight is 303 g/mol. The van der Waals surface area contributed by atoms with Gasteiger partial charge in [0.2, 0.25) is 0 Å². The van der Waals surface area contributed by atoms with Crippen molar-refractivity contribution in [2.24, 2.45) is 5.92 Å². The molecule has 21 heavy (non-hydrogen) atoms. The highest BCUT2D eigenvalue weighted by atomic mass is 32.1. The molecule has 2 aromatic rings. The van der Waals surface area contributed by atoms with Crippen molar-refractivity contribution in [3.05, 3.63) is 16.1 Å². The number of fused-ring (bicyclic) bond motifs is 1. The number of nitrogens with one attached hydrogen (secondary N) is 2. The molecule has 2 aromatic heterocycles. The Balaban J connectivity index is 2.10. The largest absolute Gasteiger partial charge is 0.386 e. The van der Waals surface area contributed by atoms with E-state index in [1.54, 1.807) is 11.3 Å². The molecule has 0 radical (unpaired) electrons. The first kappa shape index (κ1) is 14.3. The zero-order valence-electron chi connectivity index (χ0n) is 12.9. The number of aromatic nitrogens is 2. The highest BCUT2D eigenvalue weighted by molar-refractivity contribution is 7.21. The number of amidine groups is 1. The summed E-state index contributed by atoms with van der Waals surface area (Å²) in [6.07, 6.45) is 1.17. The van der Waals surface area contributed by atoms with Crippen LogP contribution in [0.25, 0.3) is 10.2 Å². The molecule has 112 valence electrons. The fourth-order valence-electron chi connectivity index (χ4n) is 2.90. The second-order valence-corrected chi connectivity index (χ2v) is 6.83. The lowest BCUT2D eigenvalue weighted by Gasteiger charge is -2.19. The summed E-state index contributed by atoms with van der Waals surface area (Å²) in [7, 11) is 1.92. The first-order valence-corrected chi connectivity index (χ1v) is 8.12. The third-order valence-electron chi connectivity index (χ3n) is 4.30. The van der Waals surface area contributed by atoms with Gasteiger partial charge in [0.05, 0.1) is 16.3 Å². The summed E-state index contributed by atoms with van der Waals surface area (Å²) >= 11 is 1.57. The Kier molecular flexibility index (Phi) is 3.57. The van der Waals surface area contributed by atoms with E-state index in [1.165, 1.54) is 6.42 Å². The summed E-state index contributed by atoms with van der Waals surface area (Å²) in [5.41, 5.74) is 3.12. The van der Waals surface area contributed by atoms with Crippen LogP contribution in [0, 0.1) is 25.2 Å². The van der Waals surface area contributed by atoms with Crippen LogP contribution in [-0.2, 0) is 0 Å². The molecular weight excluding hydrogens is 282 g/mol. The molecular formula is C15H21N5S. The molecule has 0 aromatic carbocycles. The van der Waals surface area contributed by atoms with Crippen molar-refractivity contribution in [1.29, 1.82) is 5.41 Å². The molecule has 1 saturated heterocycles. The third-order valence-corrected chi connectivity index (χ3v) is 5.38. The Morgan fingerprint density at radius 1 is 1.38 bits per heavy atom. The van der Waals surface area contributed by atoms with Crippen molar-refractivity contribution in [3.8, 4) is 0 Å². The van der Waals surface area contributed by atoms with Crippen molar-refractivity contribution in [3.63, 3.8) is 0 Å². The van der Waals surface area contributed by atoms with Gasteiger partial charge in [-0.25, -0.2) is 0 Å². The van der Waals surface area contributed by atoms with E-state index >= 15 is 0 Å². The van der Waals surface area contributed by atoms with Crippen molar-refractivity contribution < 1.29 is 0 Å². The van der Waals surface area contributed by atoms with Crippen molar-refractivity contribution in [2.75, 3.05) is 25.5 Å². The van der Waals surface area contributed by atoms with Gasteiger partial charge >= 0.3 is 0 Å². The molecule has 2 N–H and O–H groups in total. The number of thiophene rings is 1. The summed E-state index contributed by atoms with van der Waals surface area (Å²) in [6, 6.07) is 0. The molecule has 0 spiro atoms. The minimum absolute atomic E-state index is 0.615. The van der Waals surface area contributed by atoms with Crippen molar-refractivity contribution in [2.45, 2.75) is 27.2 Å². The van der Waals surface area contributed by atoms with Crippen LogP contribution in [0.1, 0.15) is 29.5 Å². The Morgan fingerprint density at radius 3 is 2.76 bits per heavy atom. The maximum absolute atomic E-state index is 8.57. The van der Waals surface area contributed by atoms with Crippen LogP contribution in [0.2, 0.25) is 0 Å². The molecule has 0 unspecified atom stereocenters. The molecule has 1 aliphatic rings. The molecule has 6 heteroatoms. The molecule has 0 aliphatic carbocycles. The maximum Gasteiger partial charge on any atom is 0.149 e. The summed E-state index contributed by atoms with van der Waals surface area (Å²) in [6.45, 7) is 8.24. The topological polar surface area (TPSA) is 64.9 Å². The summed E-state index contributed by atoms with van der Waals surface area (Å²) in [5, 5.41) is 21.5. The molecule has 5 nitrogen and oxygen atoms in total. The van der Waals surface area contributed by atoms with E-state index in [1.807, 2.05) is 14.0 Å². The Bertz CT molecular complexity index is 706. The molecule has 0 saturated carbocycles. The predicted octanol–water partition coefficient (Wildman–Crippen LogP) is 3.02. The number of rotatable bonds is 2. The lowest BCUT2D eigenvalue weighted by Crippen LogP contribution is -2.28. The van der Waals surface area contributed by atoms with Crippen LogP contribution >= 0.6 is 11.3 Å². The highest BCUT2D eigenvalue weighted by Crippen LogP contribution is 2.38. The van der Waals surface area contributed by atoms with Gasteiger partial charge in [-0.05, 0) is 31.7 Å². The number of hydrogen-bond acceptors (Lipinski definition) is 5. The zero-order valence-corrected chi connectivity index (χ0v) is 13.8. The molecule has 1 atom stereocenters. The van der Waals surface area contributed by atoms with Gasteiger partial charge in [0, 0.05) is 25.5 Å². The van der Waals surface area contributed by atoms with E-state index < -0.39 is 0 Å². The second-order valence-electron chi connectivity index (χ2n) is 5.84. The SMILES string of the molecule is CNc1c(C(=N)N2CC[C@H](C)C2)sc2nnc(C)c(C)c12. The van der Waals surface area contributed by atoms with Gasteiger partial charge in [-0.3, -0.25) is 5.41 Å². The third kappa shape index (κ3) is 2.27. The van der Waals surface area contributed by atoms with Gasteiger partial charge < -0.3 is 10.2 Å². The van der Waals surface area contributed by atoms with Gasteiger partial charge in [0.15, 0.2) is 0 Å². The molecule has 3 rings (SSSR count). The standard InChI is InChI=1S/C15H21N5S/c1-8-5-6-20(7-8)14(16)13-12(17-4)11-9(2)10(3)18-19-15(11)21-13/h8,16-17H,5-7H2,1-4H3/t8-/m0/s1. The van der Waals surface area contributed by atoms with Crippen LogP contribution < -0.4 is 5.32 Å².